The predicted molar refractivity (Wildman–Crippen MR) is 54.8 cm³/mol. The van der Waals surface area contributed by atoms with E-state index in [2.05, 4.69) is 60.2 Å². The highest BCUT2D eigenvalue weighted by Crippen LogP contribution is 2.05. The number of nitrogens with zero attached hydrogens (tertiary/aromatic N) is 4. The molecule has 0 N–H and O–H groups in total. The van der Waals surface area contributed by atoms with Crippen molar-refractivity contribution in [2.45, 2.75) is 0 Å². The largest absolute Gasteiger partial charge is 0.346 e. The molecule has 0 atom stereocenters. The summed E-state index contributed by atoms with van der Waals surface area (Å²) in [5, 5.41) is 0. The van der Waals surface area contributed by atoms with Crippen LogP contribution in [0.2, 0.25) is 0 Å². The summed E-state index contributed by atoms with van der Waals surface area (Å²) in [6.07, 6.45) is 4.28. The molecule has 0 saturated heterocycles. The normalized spacial score (nSPS) is 16.8. The van der Waals surface area contributed by atoms with Gasteiger partial charge in [0.2, 0.25) is 0 Å². The summed E-state index contributed by atoms with van der Waals surface area (Å²) in [6, 6.07) is 0. The second-order valence-electron chi connectivity index (χ2n) is 4.06. The monoisotopic (exact) mass is 184 g/mol. The summed E-state index contributed by atoms with van der Waals surface area (Å²) in [5.41, 5.74) is 0. The first-order valence-corrected chi connectivity index (χ1v) is 4.54. The maximum absolute atomic E-state index is 2.28. The quantitative estimate of drug-likeness (QED) is 0.613. The summed E-state index contributed by atoms with van der Waals surface area (Å²) in [6.45, 7) is 2.97. The molecule has 1 aliphatic heterocycles. The van der Waals surface area contributed by atoms with Crippen molar-refractivity contribution in [1.82, 2.24) is 19.6 Å². The van der Waals surface area contributed by atoms with Crippen LogP contribution in [-0.4, -0.2) is 67.8 Å². The van der Waals surface area contributed by atoms with Crippen molar-refractivity contribution in [3.63, 3.8) is 0 Å². The van der Waals surface area contributed by atoms with E-state index in [0.29, 0.717) is 0 Å². The first-order valence-electron chi connectivity index (χ1n) is 4.54. The molecule has 0 bridgehead atoms. The molecule has 0 fully saturated rings. The second kappa shape index (κ2) is 4.48. The van der Waals surface area contributed by atoms with Gasteiger partial charge in [-0.2, -0.15) is 0 Å². The van der Waals surface area contributed by atoms with Crippen molar-refractivity contribution in [2.24, 2.45) is 0 Å². The van der Waals surface area contributed by atoms with Gasteiger partial charge >= 0.3 is 0 Å². The minimum Gasteiger partial charge on any atom is -0.346 e. The lowest BCUT2D eigenvalue weighted by molar-refractivity contribution is 0.157. The molecule has 0 spiro atoms. The molecular weight excluding hydrogens is 164 g/mol. The van der Waals surface area contributed by atoms with Gasteiger partial charge in [0.25, 0.3) is 0 Å². The van der Waals surface area contributed by atoms with E-state index < -0.39 is 0 Å². The molecule has 76 valence electrons. The summed E-state index contributed by atoms with van der Waals surface area (Å²) >= 11 is 0. The Morgan fingerprint density at radius 2 is 1.31 bits per heavy atom. The second-order valence-corrected chi connectivity index (χ2v) is 4.06. The Morgan fingerprint density at radius 3 is 1.62 bits per heavy atom. The number of rotatable bonds is 4. The third-order valence-corrected chi connectivity index (χ3v) is 1.78. The Balaban J connectivity index is 2.25. The number of hydrogen-bond acceptors (Lipinski definition) is 4. The SMILES string of the molecule is CN(C)CN1C=CN(CN(C)C)C1. The third-order valence-electron chi connectivity index (χ3n) is 1.78. The molecule has 1 heterocycles. The van der Waals surface area contributed by atoms with Crippen LogP contribution in [0.5, 0.6) is 0 Å². The molecular formula is C9H20N4. The maximum Gasteiger partial charge on any atom is 0.0918 e. The van der Waals surface area contributed by atoms with Crippen molar-refractivity contribution < 1.29 is 0 Å². The molecule has 4 nitrogen and oxygen atoms in total. The van der Waals surface area contributed by atoms with E-state index >= 15 is 0 Å². The summed E-state index contributed by atoms with van der Waals surface area (Å²) in [5.74, 6) is 0. The molecule has 13 heavy (non-hydrogen) atoms. The third kappa shape index (κ3) is 3.65. The maximum atomic E-state index is 2.28. The Morgan fingerprint density at radius 1 is 0.923 bits per heavy atom. The molecule has 4 heteroatoms. The van der Waals surface area contributed by atoms with Gasteiger partial charge < -0.3 is 9.80 Å². The fraction of sp³-hybridized carbons (Fsp3) is 0.778. The van der Waals surface area contributed by atoms with Gasteiger partial charge in [0.15, 0.2) is 0 Å². The molecule has 0 unspecified atom stereocenters. The Hall–Kier alpha value is -0.740. The molecule has 0 aliphatic carbocycles. The molecule has 0 saturated carbocycles. The van der Waals surface area contributed by atoms with E-state index in [-0.39, 0.29) is 0 Å². The van der Waals surface area contributed by atoms with Gasteiger partial charge in [0, 0.05) is 12.4 Å². The summed E-state index contributed by atoms with van der Waals surface area (Å²) < 4.78 is 0. The van der Waals surface area contributed by atoms with Crippen LogP contribution in [0, 0.1) is 0 Å². The Bertz CT molecular complexity index is 158. The van der Waals surface area contributed by atoms with E-state index in [1.54, 1.807) is 0 Å². The average molecular weight is 184 g/mol. The van der Waals surface area contributed by atoms with E-state index in [0.717, 1.165) is 20.0 Å². The first-order chi connectivity index (χ1) is 6.08. The highest BCUT2D eigenvalue weighted by molar-refractivity contribution is 4.89. The molecule has 0 aromatic rings. The molecule has 0 radical (unpaired) electrons. The zero-order valence-corrected chi connectivity index (χ0v) is 9.06. The van der Waals surface area contributed by atoms with Crippen LogP contribution in [0.25, 0.3) is 0 Å². The Labute approximate surface area is 81.0 Å². The van der Waals surface area contributed by atoms with Gasteiger partial charge in [-0.25, -0.2) is 0 Å². The van der Waals surface area contributed by atoms with Crippen molar-refractivity contribution in [2.75, 3.05) is 48.2 Å². The van der Waals surface area contributed by atoms with Crippen molar-refractivity contribution in [3.05, 3.63) is 12.4 Å². The molecule has 0 aromatic carbocycles. The standard InChI is InChI=1S/C9H20N4/c1-10(2)7-12-5-6-13(9-12)8-11(3)4/h5-6H,7-9H2,1-4H3. The Kier molecular flexibility index (Phi) is 3.57. The van der Waals surface area contributed by atoms with Gasteiger partial charge in [-0.1, -0.05) is 0 Å². The van der Waals surface area contributed by atoms with Crippen LogP contribution in [0.4, 0.5) is 0 Å². The minimum atomic E-state index is 0.987. The van der Waals surface area contributed by atoms with E-state index in [1.165, 1.54) is 0 Å². The van der Waals surface area contributed by atoms with Crippen LogP contribution < -0.4 is 0 Å². The molecule has 0 amide bonds. The molecule has 1 aliphatic rings. The van der Waals surface area contributed by atoms with Gasteiger partial charge in [0.05, 0.1) is 20.0 Å². The smallest absolute Gasteiger partial charge is 0.0918 e. The highest BCUT2D eigenvalue weighted by Gasteiger charge is 2.12. The summed E-state index contributed by atoms with van der Waals surface area (Å²) in [7, 11) is 8.34. The topological polar surface area (TPSA) is 13.0 Å². The van der Waals surface area contributed by atoms with Crippen molar-refractivity contribution >= 4 is 0 Å². The van der Waals surface area contributed by atoms with Gasteiger partial charge in [-0.3, -0.25) is 9.80 Å². The van der Waals surface area contributed by atoms with E-state index in [4.69, 9.17) is 0 Å². The zero-order chi connectivity index (χ0) is 9.84. The van der Waals surface area contributed by atoms with Crippen LogP contribution in [0.3, 0.4) is 0 Å². The van der Waals surface area contributed by atoms with E-state index in [1.807, 2.05) is 0 Å². The fourth-order valence-corrected chi connectivity index (χ4v) is 1.43. The minimum absolute atomic E-state index is 0.987. The highest BCUT2D eigenvalue weighted by atomic mass is 15.4. The average Bonchev–Trinajstić information content (AvgIpc) is 2.33. The van der Waals surface area contributed by atoms with Crippen LogP contribution in [-0.2, 0) is 0 Å². The van der Waals surface area contributed by atoms with Crippen LogP contribution >= 0.6 is 0 Å². The van der Waals surface area contributed by atoms with Crippen molar-refractivity contribution in [3.8, 4) is 0 Å². The predicted octanol–water partition coefficient (Wildman–Crippen LogP) is 0.0709. The fourth-order valence-electron chi connectivity index (χ4n) is 1.43. The van der Waals surface area contributed by atoms with Crippen molar-refractivity contribution in [1.29, 1.82) is 0 Å². The number of hydrogen-bond donors (Lipinski definition) is 0. The molecule has 0 aromatic heterocycles. The van der Waals surface area contributed by atoms with Gasteiger partial charge in [0.1, 0.15) is 0 Å². The lowest BCUT2D eigenvalue weighted by Gasteiger charge is -2.25. The van der Waals surface area contributed by atoms with Gasteiger partial charge in [-0.05, 0) is 28.2 Å². The van der Waals surface area contributed by atoms with Crippen LogP contribution in [0.1, 0.15) is 0 Å². The van der Waals surface area contributed by atoms with Crippen LogP contribution in [0.15, 0.2) is 12.4 Å². The lowest BCUT2D eigenvalue weighted by atomic mass is 10.7. The molecule has 1 rings (SSSR count). The lowest BCUT2D eigenvalue weighted by Crippen LogP contribution is -2.36. The van der Waals surface area contributed by atoms with E-state index in [9.17, 15) is 0 Å². The summed E-state index contributed by atoms with van der Waals surface area (Å²) in [4.78, 5) is 8.90. The van der Waals surface area contributed by atoms with Gasteiger partial charge in [-0.15, -0.1) is 0 Å². The zero-order valence-electron chi connectivity index (χ0n) is 9.06. The first kappa shape index (κ1) is 10.3.